The van der Waals surface area contributed by atoms with Crippen molar-refractivity contribution in [2.75, 3.05) is 26.0 Å². The molecule has 9 heteroatoms. The highest BCUT2D eigenvalue weighted by Crippen LogP contribution is 2.52. The molecule has 4 atom stereocenters. The number of hydrogen-bond acceptors (Lipinski definition) is 3. The molecule has 0 radical (unpaired) electrons. The lowest BCUT2D eigenvalue weighted by Crippen LogP contribution is -2.32. The Kier molecular flexibility index (Phi) is 6.52. The van der Waals surface area contributed by atoms with Crippen molar-refractivity contribution in [1.82, 2.24) is 4.90 Å². The Bertz CT molecular complexity index is 1090. The first-order valence-corrected chi connectivity index (χ1v) is 12.4. The maximum Gasteiger partial charge on any atom is 0.345 e. The molecule has 2 aromatic carbocycles. The largest absolute Gasteiger partial charge is 0.487 e. The minimum atomic E-state index is -1.12. The number of nitrogens with two attached hydrogens (primary N) is 1. The fourth-order valence-corrected chi connectivity index (χ4v) is 4.77. The maximum absolute atomic E-state index is 14.6. The van der Waals surface area contributed by atoms with E-state index in [-0.39, 0.29) is 36.3 Å². The van der Waals surface area contributed by atoms with E-state index in [4.69, 9.17) is 10.5 Å². The van der Waals surface area contributed by atoms with Crippen molar-refractivity contribution < 1.29 is 22.5 Å². The fourth-order valence-electron chi connectivity index (χ4n) is 4.25. The molecule has 3 unspecified atom stereocenters. The van der Waals surface area contributed by atoms with Gasteiger partial charge in [0.2, 0.25) is 0 Å². The SMILES string of the molecule is CC(C)/C(N)=N/C(=O)N1CC2C(COc3c(F)cc(-c4ccc(S(C)=O)cc4)cc3F)[C@H]2C1. The van der Waals surface area contributed by atoms with Crippen LogP contribution in [0, 0.1) is 35.3 Å². The summed E-state index contributed by atoms with van der Waals surface area (Å²) in [5, 5.41) is 0. The highest BCUT2D eigenvalue weighted by atomic mass is 32.2. The molecule has 1 saturated heterocycles. The monoisotopic (exact) mass is 475 g/mol. The van der Waals surface area contributed by atoms with Crippen molar-refractivity contribution in [3.05, 3.63) is 48.0 Å². The van der Waals surface area contributed by atoms with Crippen LogP contribution < -0.4 is 10.5 Å². The molecule has 1 aliphatic carbocycles. The fraction of sp³-hybridized carbons (Fsp3) is 0.417. The van der Waals surface area contributed by atoms with Gasteiger partial charge >= 0.3 is 6.03 Å². The van der Waals surface area contributed by atoms with Gasteiger partial charge in [-0.05, 0) is 47.2 Å². The average Bonchev–Trinajstić information content (AvgIpc) is 3.21. The van der Waals surface area contributed by atoms with Crippen LogP contribution >= 0.6 is 0 Å². The third-order valence-electron chi connectivity index (χ3n) is 6.40. The van der Waals surface area contributed by atoms with Gasteiger partial charge in [0.15, 0.2) is 17.4 Å². The Morgan fingerprint density at radius 2 is 1.73 bits per heavy atom. The number of amidine groups is 1. The van der Waals surface area contributed by atoms with Crippen molar-refractivity contribution in [3.8, 4) is 16.9 Å². The van der Waals surface area contributed by atoms with Crippen LogP contribution in [0.25, 0.3) is 11.1 Å². The summed E-state index contributed by atoms with van der Waals surface area (Å²) in [5.74, 6) is -0.965. The number of likely N-dealkylation sites (tertiary alicyclic amines) is 1. The second-order valence-corrected chi connectivity index (χ2v) is 10.3. The minimum Gasteiger partial charge on any atom is -0.487 e. The zero-order valence-corrected chi connectivity index (χ0v) is 19.6. The van der Waals surface area contributed by atoms with Crippen molar-refractivity contribution in [2.24, 2.45) is 34.4 Å². The first-order chi connectivity index (χ1) is 15.7. The Labute approximate surface area is 194 Å². The van der Waals surface area contributed by atoms with E-state index < -0.39 is 28.2 Å². The molecule has 1 heterocycles. The summed E-state index contributed by atoms with van der Waals surface area (Å²) >= 11 is 0. The van der Waals surface area contributed by atoms with E-state index in [1.54, 1.807) is 35.4 Å². The molecule has 2 amide bonds. The van der Waals surface area contributed by atoms with Crippen molar-refractivity contribution >= 4 is 22.7 Å². The van der Waals surface area contributed by atoms with Gasteiger partial charge in [-0.2, -0.15) is 4.99 Å². The van der Waals surface area contributed by atoms with Crippen molar-refractivity contribution in [1.29, 1.82) is 0 Å². The number of benzene rings is 2. The summed E-state index contributed by atoms with van der Waals surface area (Å²) in [5.41, 5.74) is 6.76. The van der Waals surface area contributed by atoms with Gasteiger partial charge in [0.25, 0.3) is 0 Å². The molecule has 176 valence electrons. The number of amides is 2. The molecule has 1 aliphatic heterocycles. The van der Waals surface area contributed by atoms with Crippen molar-refractivity contribution in [2.45, 2.75) is 18.7 Å². The van der Waals surface area contributed by atoms with Gasteiger partial charge in [0, 0.05) is 46.9 Å². The van der Waals surface area contributed by atoms with Crippen LogP contribution in [0.2, 0.25) is 0 Å². The minimum absolute atomic E-state index is 0.00431. The van der Waals surface area contributed by atoms with E-state index in [1.807, 2.05) is 13.8 Å². The van der Waals surface area contributed by atoms with Crippen LogP contribution in [-0.4, -0.2) is 46.9 Å². The molecule has 0 aromatic heterocycles. The molecule has 2 N–H and O–H groups in total. The van der Waals surface area contributed by atoms with E-state index in [1.165, 1.54) is 12.1 Å². The predicted octanol–water partition coefficient (Wildman–Crippen LogP) is 4.06. The third-order valence-corrected chi connectivity index (χ3v) is 7.33. The molecule has 2 fully saturated rings. The first-order valence-electron chi connectivity index (χ1n) is 10.8. The molecule has 1 saturated carbocycles. The summed E-state index contributed by atoms with van der Waals surface area (Å²) in [7, 11) is -1.12. The quantitative estimate of drug-likeness (QED) is 0.504. The van der Waals surface area contributed by atoms with Crippen molar-refractivity contribution in [3.63, 3.8) is 0 Å². The molecule has 33 heavy (non-hydrogen) atoms. The summed E-state index contributed by atoms with van der Waals surface area (Å²) in [6.45, 7) is 5.04. The second-order valence-electron chi connectivity index (χ2n) is 8.93. The smallest absolute Gasteiger partial charge is 0.345 e. The molecule has 6 nitrogen and oxygen atoms in total. The number of aliphatic imine (C=N–C) groups is 1. The van der Waals surface area contributed by atoms with Gasteiger partial charge in [-0.3, -0.25) is 4.21 Å². The lowest BCUT2D eigenvalue weighted by molar-refractivity contribution is 0.201. The maximum atomic E-state index is 14.6. The van der Waals surface area contributed by atoms with Crippen LogP contribution in [0.15, 0.2) is 46.3 Å². The van der Waals surface area contributed by atoms with Crippen LogP contribution in [0.4, 0.5) is 13.6 Å². The van der Waals surface area contributed by atoms with E-state index in [2.05, 4.69) is 4.99 Å². The predicted molar refractivity (Wildman–Crippen MR) is 124 cm³/mol. The van der Waals surface area contributed by atoms with Crippen LogP contribution in [0.5, 0.6) is 5.75 Å². The number of carbonyl (C=O) groups excluding carboxylic acids is 1. The molecule has 2 aromatic rings. The summed E-state index contributed by atoms with van der Waals surface area (Å²) in [6.07, 6.45) is 1.57. The van der Waals surface area contributed by atoms with Gasteiger partial charge in [0.05, 0.1) is 6.61 Å². The van der Waals surface area contributed by atoms with Crippen LogP contribution in [0.1, 0.15) is 13.8 Å². The van der Waals surface area contributed by atoms with E-state index in [0.29, 0.717) is 34.9 Å². The lowest BCUT2D eigenvalue weighted by atomic mass is 10.1. The number of urea groups is 1. The highest BCUT2D eigenvalue weighted by Gasteiger charge is 2.57. The zero-order valence-electron chi connectivity index (χ0n) is 18.8. The van der Waals surface area contributed by atoms with Gasteiger partial charge in [-0.25, -0.2) is 13.6 Å². The third kappa shape index (κ3) is 4.93. The molecule has 0 spiro atoms. The zero-order chi connectivity index (χ0) is 23.9. The van der Waals surface area contributed by atoms with E-state index >= 15 is 0 Å². The van der Waals surface area contributed by atoms with E-state index in [9.17, 15) is 17.8 Å². The summed E-state index contributed by atoms with van der Waals surface area (Å²) < 4.78 is 46.3. The molecular weight excluding hydrogens is 448 g/mol. The summed E-state index contributed by atoms with van der Waals surface area (Å²) in [6, 6.07) is 8.86. The number of fused-ring (bicyclic) bond motifs is 1. The normalized spacial score (nSPS) is 22.9. The molecule has 4 rings (SSSR count). The van der Waals surface area contributed by atoms with E-state index in [0.717, 1.165) is 0 Å². The van der Waals surface area contributed by atoms with Crippen LogP contribution in [-0.2, 0) is 10.8 Å². The summed E-state index contributed by atoms with van der Waals surface area (Å²) in [4.78, 5) is 18.5. The number of carbonyl (C=O) groups is 1. The standard InChI is InChI=1S/C24H27F2N3O3S/c1-13(2)23(27)28-24(30)29-10-17-18(11-29)19(17)12-32-22-20(25)8-15(9-21(22)26)14-4-6-16(7-5-14)33(3)31/h4-9,13,17-19H,10-12H2,1-3H3,(H2,27,28,30)/t17-,18?,19?,33?/m0/s1. The molecule has 0 bridgehead atoms. The average molecular weight is 476 g/mol. The number of halogens is 2. The highest BCUT2D eigenvalue weighted by molar-refractivity contribution is 7.84. The first kappa shape index (κ1) is 23.4. The number of hydrogen-bond donors (Lipinski definition) is 1. The second kappa shape index (κ2) is 9.21. The Morgan fingerprint density at radius 1 is 1.15 bits per heavy atom. The number of nitrogens with zero attached hydrogens (tertiary/aromatic N) is 2. The Balaban J connectivity index is 1.35. The van der Waals surface area contributed by atoms with Gasteiger partial charge in [0.1, 0.15) is 5.84 Å². The number of rotatable bonds is 6. The topological polar surface area (TPSA) is 85.0 Å². The van der Waals surface area contributed by atoms with Gasteiger partial charge in [-0.15, -0.1) is 0 Å². The Morgan fingerprint density at radius 3 is 2.24 bits per heavy atom. The number of ether oxygens (including phenoxy) is 1. The molecular formula is C24H27F2N3O3S. The van der Waals surface area contributed by atoms with Gasteiger partial charge < -0.3 is 15.4 Å². The number of piperidine rings is 1. The van der Waals surface area contributed by atoms with Gasteiger partial charge in [-0.1, -0.05) is 26.0 Å². The van der Waals surface area contributed by atoms with Crippen LogP contribution in [0.3, 0.4) is 0 Å². The molecule has 2 aliphatic rings. The Hall–Kier alpha value is -2.81. The lowest BCUT2D eigenvalue weighted by Gasteiger charge is -2.18.